The highest BCUT2D eigenvalue weighted by molar-refractivity contribution is 7.88. The summed E-state index contributed by atoms with van der Waals surface area (Å²) in [5.74, 6) is 1.29. The van der Waals surface area contributed by atoms with Crippen molar-refractivity contribution in [3.8, 4) is 0 Å². The molecule has 1 saturated heterocycles. The van der Waals surface area contributed by atoms with Crippen LogP contribution in [0.25, 0.3) is 0 Å². The van der Waals surface area contributed by atoms with E-state index >= 15 is 0 Å². The molecule has 1 aliphatic heterocycles. The van der Waals surface area contributed by atoms with Crippen LogP contribution in [0.3, 0.4) is 0 Å². The summed E-state index contributed by atoms with van der Waals surface area (Å²) in [5.41, 5.74) is -0.131. The fourth-order valence-electron chi connectivity index (χ4n) is 2.25. The van der Waals surface area contributed by atoms with Gasteiger partial charge in [-0.15, -0.1) is 0 Å². The highest BCUT2D eigenvalue weighted by Gasteiger charge is 2.24. The molecule has 8 heteroatoms. The van der Waals surface area contributed by atoms with Crippen LogP contribution >= 0.6 is 0 Å². The molecule has 1 aromatic heterocycles. The van der Waals surface area contributed by atoms with Crippen molar-refractivity contribution in [3.63, 3.8) is 0 Å². The minimum Gasteiger partial charge on any atom is -0.338 e. The van der Waals surface area contributed by atoms with E-state index in [0.29, 0.717) is 37.9 Å². The Morgan fingerprint density at radius 3 is 2.48 bits per heavy atom. The second-order valence-electron chi connectivity index (χ2n) is 6.55. The maximum atomic E-state index is 11.6. The molecule has 21 heavy (non-hydrogen) atoms. The van der Waals surface area contributed by atoms with Crippen LogP contribution in [0.1, 0.15) is 38.9 Å². The van der Waals surface area contributed by atoms with E-state index in [9.17, 15) is 8.42 Å². The van der Waals surface area contributed by atoms with Crippen molar-refractivity contribution in [1.29, 1.82) is 0 Å². The number of aromatic nitrogens is 2. The summed E-state index contributed by atoms with van der Waals surface area (Å²) in [6, 6.07) is 0. The van der Waals surface area contributed by atoms with Crippen molar-refractivity contribution in [3.05, 3.63) is 11.7 Å². The van der Waals surface area contributed by atoms with Crippen LogP contribution in [0, 0.1) is 0 Å². The molecule has 0 unspecified atom stereocenters. The van der Waals surface area contributed by atoms with Gasteiger partial charge < -0.3 is 4.52 Å². The first-order valence-corrected chi connectivity index (χ1v) is 9.01. The molecule has 2 heterocycles. The highest BCUT2D eigenvalue weighted by Crippen LogP contribution is 2.19. The van der Waals surface area contributed by atoms with E-state index in [1.165, 1.54) is 10.6 Å². The first-order chi connectivity index (χ1) is 9.66. The molecular weight excluding hydrogens is 292 g/mol. The summed E-state index contributed by atoms with van der Waals surface area (Å²) in [5, 5.41) is 4.01. The Labute approximate surface area is 126 Å². The molecule has 0 aromatic carbocycles. The van der Waals surface area contributed by atoms with Gasteiger partial charge in [-0.3, -0.25) is 4.90 Å². The first kappa shape index (κ1) is 16.4. The van der Waals surface area contributed by atoms with Gasteiger partial charge in [0.1, 0.15) is 0 Å². The van der Waals surface area contributed by atoms with E-state index < -0.39 is 10.0 Å². The smallest absolute Gasteiger partial charge is 0.240 e. The zero-order valence-corrected chi connectivity index (χ0v) is 14.0. The lowest BCUT2D eigenvalue weighted by Crippen LogP contribution is -2.34. The largest absolute Gasteiger partial charge is 0.338 e. The summed E-state index contributed by atoms with van der Waals surface area (Å²) >= 11 is 0. The third-order valence-corrected chi connectivity index (χ3v) is 4.82. The molecule has 0 N–H and O–H groups in total. The third-order valence-electron chi connectivity index (χ3n) is 3.51. The standard InChI is InChI=1S/C13H24N4O3S/c1-13(2,3)12-14-11(20-15-12)10-16-6-5-7-17(9-8-16)21(4,18)19/h5-10H2,1-4H3. The fraction of sp³-hybridized carbons (Fsp3) is 0.846. The Kier molecular flexibility index (Phi) is 4.69. The van der Waals surface area contributed by atoms with Crippen molar-refractivity contribution < 1.29 is 12.9 Å². The van der Waals surface area contributed by atoms with Gasteiger partial charge in [0.25, 0.3) is 0 Å². The van der Waals surface area contributed by atoms with Gasteiger partial charge in [-0.2, -0.15) is 4.98 Å². The Morgan fingerprint density at radius 1 is 1.19 bits per heavy atom. The van der Waals surface area contributed by atoms with Crippen LogP contribution in [0.4, 0.5) is 0 Å². The molecular formula is C13H24N4O3S. The lowest BCUT2D eigenvalue weighted by Gasteiger charge is -2.18. The number of hydrogen-bond acceptors (Lipinski definition) is 6. The number of hydrogen-bond donors (Lipinski definition) is 0. The highest BCUT2D eigenvalue weighted by atomic mass is 32.2. The van der Waals surface area contributed by atoms with Gasteiger partial charge >= 0.3 is 0 Å². The predicted molar refractivity (Wildman–Crippen MR) is 79.3 cm³/mol. The zero-order valence-electron chi connectivity index (χ0n) is 13.2. The van der Waals surface area contributed by atoms with Crippen molar-refractivity contribution >= 4 is 10.0 Å². The van der Waals surface area contributed by atoms with Gasteiger partial charge in [0.05, 0.1) is 12.8 Å². The second kappa shape index (κ2) is 6.02. The first-order valence-electron chi connectivity index (χ1n) is 7.17. The molecule has 0 saturated carbocycles. The van der Waals surface area contributed by atoms with Gasteiger partial charge in [-0.25, -0.2) is 12.7 Å². The second-order valence-corrected chi connectivity index (χ2v) is 8.54. The van der Waals surface area contributed by atoms with Gasteiger partial charge in [-0.1, -0.05) is 25.9 Å². The lowest BCUT2D eigenvalue weighted by atomic mass is 9.96. The quantitative estimate of drug-likeness (QED) is 0.822. The lowest BCUT2D eigenvalue weighted by molar-refractivity contribution is 0.235. The van der Waals surface area contributed by atoms with Crippen LogP contribution in [0.2, 0.25) is 0 Å². The van der Waals surface area contributed by atoms with Crippen LogP contribution in [0.5, 0.6) is 0 Å². The topological polar surface area (TPSA) is 79.5 Å². The SMILES string of the molecule is CC(C)(C)c1noc(CN2CCCN(S(C)(=O)=O)CC2)n1. The maximum Gasteiger partial charge on any atom is 0.240 e. The molecule has 0 bridgehead atoms. The van der Waals surface area contributed by atoms with Crippen LogP contribution in [0.15, 0.2) is 4.52 Å². The monoisotopic (exact) mass is 316 g/mol. The third kappa shape index (κ3) is 4.49. The van der Waals surface area contributed by atoms with Gasteiger partial charge in [0.15, 0.2) is 5.82 Å². The van der Waals surface area contributed by atoms with Crippen molar-refractivity contribution in [2.75, 3.05) is 32.4 Å². The van der Waals surface area contributed by atoms with Crippen LogP contribution in [-0.4, -0.2) is 60.2 Å². The molecule has 120 valence electrons. The molecule has 0 amide bonds. The number of rotatable bonds is 3. The van der Waals surface area contributed by atoms with Crippen molar-refractivity contribution in [1.82, 2.24) is 19.3 Å². The molecule has 1 aliphatic rings. The van der Waals surface area contributed by atoms with Crippen molar-refractivity contribution in [2.24, 2.45) is 0 Å². The Balaban J connectivity index is 1.96. The maximum absolute atomic E-state index is 11.6. The molecule has 2 rings (SSSR count). The van der Waals surface area contributed by atoms with Crippen LogP contribution in [-0.2, 0) is 22.0 Å². The molecule has 7 nitrogen and oxygen atoms in total. The van der Waals surface area contributed by atoms with Gasteiger partial charge in [0.2, 0.25) is 15.9 Å². The average molecular weight is 316 g/mol. The molecule has 0 aliphatic carbocycles. The molecule has 0 radical (unpaired) electrons. The summed E-state index contributed by atoms with van der Waals surface area (Å²) in [6.07, 6.45) is 2.07. The van der Waals surface area contributed by atoms with E-state index in [1.807, 2.05) is 20.8 Å². The van der Waals surface area contributed by atoms with Gasteiger partial charge in [-0.05, 0) is 13.0 Å². The summed E-state index contributed by atoms with van der Waals surface area (Å²) in [6.45, 7) is 9.29. The van der Waals surface area contributed by atoms with E-state index in [-0.39, 0.29) is 5.41 Å². The Morgan fingerprint density at radius 2 is 1.90 bits per heavy atom. The van der Waals surface area contributed by atoms with E-state index in [4.69, 9.17) is 4.52 Å². The molecule has 0 atom stereocenters. The minimum atomic E-state index is -3.11. The summed E-state index contributed by atoms with van der Waals surface area (Å²) in [7, 11) is -3.11. The molecule has 1 fully saturated rings. The Bertz CT molecular complexity index is 576. The van der Waals surface area contributed by atoms with E-state index in [2.05, 4.69) is 15.0 Å². The zero-order chi connectivity index (χ0) is 15.7. The molecule has 1 aromatic rings. The number of sulfonamides is 1. The van der Waals surface area contributed by atoms with Crippen molar-refractivity contribution in [2.45, 2.75) is 39.2 Å². The predicted octanol–water partition coefficient (Wildman–Crippen LogP) is 0.834. The number of nitrogens with zero attached hydrogens (tertiary/aromatic N) is 4. The fourth-order valence-corrected chi connectivity index (χ4v) is 3.13. The summed E-state index contributed by atoms with van der Waals surface area (Å²) in [4.78, 5) is 6.58. The normalized spacial score (nSPS) is 19.6. The minimum absolute atomic E-state index is 0.131. The Hall–Kier alpha value is -0.990. The molecule has 0 spiro atoms. The summed E-state index contributed by atoms with van der Waals surface area (Å²) < 4.78 is 30.0. The average Bonchev–Trinajstić information content (AvgIpc) is 2.66. The van der Waals surface area contributed by atoms with Gasteiger partial charge in [0, 0.05) is 25.0 Å². The van der Waals surface area contributed by atoms with E-state index in [0.717, 1.165) is 13.0 Å². The van der Waals surface area contributed by atoms with Crippen LogP contribution < -0.4 is 0 Å². The van der Waals surface area contributed by atoms with E-state index in [1.54, 1.807) is 0 Å².